The van der Waals surface area contributed by atoms with Crippen LogP contribution in [0.4, 0.5) is 5.69 Å². The molecule has 2 aliphatic rings. The lowest BCUT2D eigenvalue weighted by Gasteiger charge is -2.20. The van der Waals surface area contributed by atoms with Gasteiger partial charge in [0.1, 0.15) is 0 Å². The molecule has 0 atom stereocenters. The van der Waals surface area contributed by atoms with Gasteiger partial charge >= 0.3 is 0 Å². The molecule has 0 N–H and O–H groups in total. The first-order valence-electron chi connectivity index (χ1n) is 9.15. The second-order valence-corrected chi connectivity index (χ2v) is 6.87. The van der Waals surface area contributed by atoms with E-state index in [2.05, 4.69) is 33.4 Å². The van der Waals surface area contributed by atoms with Gasteiger partial charge < -0.3 is 9.42 Å². The van der Waals surface area contributed by atoms with E-state index in [-0.39, 0.29) is 5.91 Å². The van der Waals surface area contributed by atoms with Crippen LogP contribution in [0.15, 0.2) is 77.2 Å². The number of carbonyl (C=O) groups excluding carboxylic acids is 1. The highest BCUT2D eigenvalue weighted by Gasteiger charge is 2.25. The van der Waals surface area contributed by atoms with E-state index >= 15 is 0 Å². The molecule has 1 amide bonds. The molecule has 0 saturated carbocycles. The number of nitrogens with zero attached hydrogens (tertiary/aromatic N) is 4. The highest BCUT2D eigenvalue weighted by molar-refractivity contribution is 6.08. The molecule has 0 unspecified atom stereocenters. The number of rotatable bonds is 2. The first-order valence-corrected chi connectivity index (χ1v) is 9.15. The summed E-state index contributed by atoms with van der Waals surface area (Å²) in [4.78, 5) is 21.5. The summed E-state index contributed by atoms with van der Waals surface area (Å²) in [7, 11) is 0. The average Bonchev–Trinajstić information content (AvgIpc) is 3.32. The van der Waals surface area contributed by atoms with E-state index in [1.54, 1.807) is 24.0 Å². The van der Waals surface area contributed by atoms with Crippen molar-refractivity contribution in [1.29, 1.82) is 0 Å². The summed E-state index contributed by atoms with van der Waals surface area (Å²) in [5.41, 5.74) is 4.54. The third-order valence-electron chi connectivity index (χ3n) is 4.98. The molecule has 1 aromatic heterocycles. The zero-order valence-electron chi connectivity index (χ0n) is 15.4. The van der Waals surface area contributed by atoms with Gasteiger partial charge in [0.15, 0.2) is 5.82 Å². The Kier molecular flexibility index (Phi) is 3.83. The highest BCUT2D eigenvalue weighted by atomic mass is 16.5. The minimum Gasteiger partial charge on any atom is -0.346 e. The lowest BCUT2D eigenvalue weighted by Crippen LogP contribution is -2.26. The Balaban J connectivity index is 1.51. The van der Waals surface area contributed by atoms with Crippen molar-refractivity contribution in [3.05, 3.63) is 89.7 Å². The van der Waals surface area contributed by atoms with Crippen molar-refractivity contribution >= 4 is 11.6 Å². The number of hydrogen-bond donors (Lipinski definition) is 0. The Bertz CT molecular complexity index is 1110. The normalized spacial score (nSPS) is 15.1. The molecule has 2 aliphatic heterocycles. The molecule has 0 bridgehead atoms. The highest BCUT2D eigenvalue weighted by Crippen LogP contribution is 2.33. The number of amides is 1. The van der Waals surface area contributed by atoms with Gasteiger partial charge in [0.25, 0.3) is 11.8 Å². The molecule has 3 aromatic rings. The summed E-state index contributed by atoms with van der Waals surface area (Å²) >= 11 is 0. The molecular formula is C22H18N4O2. The molecule has 0 fully saturated rings. The van der Waals surface area contributed by atoms with E-state index in [0.29, 0.717) is 17.3 Å². The van der Waals surface area contributed by atoms with E-state index in [1.165, 1.54) is 0 Å². The summed E-state index contributed by atoms with van der Waals surface area (Å²) < 4.78 is 5.20. The zero-order valence-corrected chi connectivity index (χ0v) is 15.4. The number of allylic oxidation sites excluding steroid dienone is 1. The van der Waals surface area contributed by atoms with Crippen LogP contribution < -0.4 is 4.90 Å². The Morgan fingerprint density at radius 2 is 1.93 bits per heavy atom. The largest absolute Gasteiger partial charge is 0.346 e. The number of hydrogen-bond acceptors (Lipinski definition) is 5. The maximum absolute atomic E-state index is 13.3. The maximum atomic E-state index is 13.3. The van der Waals surface area contributed by atoms with Gasteiger partial charge in [0.2, 0.25) is 0 Å². The van der Waals surface area contributed by atoms with Crippen molar-refractivity contribution in [2.24, 2.45) is 0 Å². The number of benzene rings is 2. The van der Waals surface area contributed by atoms with Gasteiger partial charge in [0.05, 0.1) is 5.69 Å². The molecule has 0 radical (unpaired) electrons. The van der Waals surface area contributed by atoms with E-state index in [0.717, 1.165) is 35.5 Å². The average molecular weight is 370 g/mol. The van der Waals surface area contributed by atoms with Gasteiger partial charge in [-0.1, -0.05) is 29.4 Å². The molecular weight excluding hydrogens is 352 g/mol. The molecule has 2 aromatic carbocycles. The van der Waals surface area contributed by atoms with Crippen LogP contribution in [0, 0.1) is 6.92 Å². The van der Waals surface area contributed by atoms with Crippen molar-refractivity contribution in [2.75, 3.05) is 4.90 Å². The molecule has 6 heteroatoms. The Morgan fingerprint density at radius 3 is 2.71 bits per heavy atom. The van der Waals surface area contributed by atoms with Crippen molar-refractivity contribution in [2.45, 2.75) is 19.9 Å². The molecule has 6 nitrogen and oxygen atoms in total. The fourth-order valence-corrected chi connectivity index (χ4v) is 3.55. The summed E-state index contributed by atoms with van der Waals surface area (Å²) in [6, 6.07) is 15.3. The molecule has 3 heterocycles. The van der Waals surface area contributed by atoms with Gasteiger partial charge in [0, 0.05) is 42.2 Å². The maximum Gasteiger partial charge on any atom is 0.262 e. The number of aryl methyl sites for hydroxylation is 1. The van der Waals surface area contributed by atoms with Gasteiger partial charge in [-0.05, 0) is 42.8 Å². The lowest BCUT2D eigenvalue weighted by molar-refractivity contribution is 0.0997. The first kappa shape index (κ1) is 16.5. The zero-order chi connectivity index (χ0) is 19.1. The van der Waals surface area contributed by atoms with E-state index < -0.39 is 0 Å². The number of carbonyl (C=O) groups is 1. The minimum absolute atomic E-state index is 0.0676. The topological polar surface area (TPSA) is 62.5 Å². The third kappa shape index (κ3) is 2.79. The van der Waals surface area contributed by atoms with Crippen LogP contribution >= 0.6 is 0 Å². The second kappa shape index (κ2) is 6.49. The SMILES string of the molecule is Cc1noc(-c2ccc(C(=O)N3C=C4CC=CN4Cc4ccccc43)cc2)n1. The third-order valence-corrected chi connectivity index (χ3v) is 4.98. The number of fused-ring (bicyclic) bond motifs is 2. The van der Waals surface area contributed by atoms with Crippen LogP contribution in [-0.4, -0.2) is 20.9 Å². The number of para-hydroxylation sites is 1. The predicted octanol–water partition coefficient (Wildman–Crippen LogP) is 4.27. The summed E-state index contributed by atoms with van der Waals surface area (Å²) in [6.45, 7) is 2.54. The molecule has 5 rings (SSSR count). The molecule has 28 heavy (non-hydrogen) atoms. The van der Waals surface area contributed by atoms with Crippen LogP contribution in [0.25, 0.3) is 11.5 Å². The number of aromatic nitrogens is 2. The van der Waals surface area contributed by atoms with Crippen molar-refractivity contribution < 1.29 is 9.32 Å². The smallest absolute Gasteiger partial charge is 0.262 e. The van der Waals surface area contributed by atoms with Crippen LogP contribution in [0.2, 0.25) is 0 Å². The second-order valence-electron chi connectivity index (χ2n) is 6.87. The molecule has 0 saturated heterocycles. The minimum atomic E-state index is -0.0676. The van der Waals surface area contributed by atoms with Crippen LogP contribution in [-0.2, 0) is 6.54 Å². The first-order chi connectivity index (χ1) is 13.7. The van der Waals surface area contributed by atoms with Crippen LogP contribution in [0.1, 0.15) is 28.2 Å². The predicted molar refractivity (Wildman–Crippen MR) is 105 cm³/mol. The molecule has 0 spiro atoms. The van der Waals surface area contributed by atoms with E-state index in [4.69, 9.17) is 4.52 Å². The van der Waals surface area contributed by atoms with Crippen LogP contribution in [0.3, 0.4) is 0 Å². The fraction of sp³-hybridized carbons (Fsp3) is 0.136. The Hall–Kier alpha value is -3.67. The van der Waals surface area contributed by atoms with Crippen molar-refractivity contribution in [1.82, 2.24) is 15.0 Å². The van der Waals surface area contributed by atoms with Gasteiger partial charge in [-0.2, -0.15) is 4.98 Å². The standard InChI is InChI=1S/C22H18N4O2/c1-15-23-21(28-24-15)16-8-10-17(11-9-16)22(27)26-14-19-6-4-12-25(19)13-18-5-2-3-7-20(18)26/h2-5,7-12,14H,6,13H2,1H3. The number of anilines is 1. The monoisotopic (exact) mass is 370 g/mol. The van der Waals surface area contributed by atoms with Crippen molar-refractivity contribution in [3.63, 3.8) is 0 Å². The summed E-state index contributed by atoms with van der Waals surface area (Å²) in [5.74, 6) is 0.964. The van der Waals surface area contributed by atoms with E-state index in [9.17, 15) is 4.79 Å². The summed E-state index contributed by atoms with van der Waals surface area (Å²) in [6.07, 6.45) is 6.97. The van der Waals surface area contributed by atoms with Gasteiger partial charge in [-0.25, -0.2) is 0 Å². The van der Waals surface area contributed by atoms with Crippen molar-refractivity contribution in [3.8, 4) is 11.5 Å². The van der Waals surface area contributed by atoms with Gasteiger partial charge in [-0.15, -0.1) is 0 Å². The lowest BCUT2D eigenvalue weighted by atomic mass is 10.1. The summed E-state index contributed by atoms with van der Waals surface area (Å²) in [5, 5.41) is 3.81. The quantitative estimate of drug-likeness (QED) is 0.674. The Labute approximate surface area is 162 Å². The van der Waals surface area contributed by atoms with Gasteiger partial charge in [-0.3, -0.25) is 9.69 Å². The molecule has 0 aliphatic carbocycles. The fourth-order valence-electron chi connectivity index (χ4n) is 3.55. The van der Waals surface area contributed by atoms with E-state index in [1.807, 2.05) is 36.5 Å². The van der Waals surface area contributed by atoms with Crippen LogP contribution in [0.5, 0.6) is 0 Å². The Morgan fingerprint density at radius 1 is 1.11 bits per heavy atom. The molecule has 138 valence electrons.